The van der Waals surface area contributed by atoms with Gasteiger partial charge in [0.15, 0.2) is 11.3 Å². The van der Waals surface area contributed by atoms with E-state index in [4.69, 9.17) is 29.3 Å². The molecular weight excluding hydrogens is 1200 g/mol. The van der Waals surface area contributed by atoms with Crippen molar-refractivity contribution in [2.24, 2.45) is 23.7 Å². The van der Waals surface area contributed by atoms with Crippen LogP contribution >= 0.6 is 0 Å². The van der Waals surface area contributed by atoms with E-state index in [0.717, 1.165) is 9.80 Å². The average molecular weight is 1290 g/mol. The first kappa shape index (κ1) is 70.5. The quantitative estimate of drug-likeness (QED) is 0.112. The zero-order chi connectivity index (χ0) is 68.6. The van der Waals surface area contributed by atoms with Crippen molar-refractivity contribution in [1.29, 1.82) is 0 Å². The maximum absolute atomic E-state index is 15.3. The second-order valence-corrected chi connectivity index (χ2v) is 25.9. The number of ether oxygens (including phenoxy) is 3. The van der Waals surface area contributed by atoms with E-state index in [1.807, 2.05) is 0 Å². The van der Waals surface area contributed by atoms with Gasteiger partial charge in [0, 0.05) is 52.4 Å². The fraction of sp³-hybridized carbons (Fsp3) is 0.619. The van der Waals surface area contributed by atoms with Crippen molar-refractivity contribution in [3.05, 3.63) is 38.5 Å². The van der Waals surface area contributed by atoms with Crippen LogP contribution in [0.1, 0.15) is 127 Å². The highest BCUT2D eigenvalue weighted by atomic mass is 16.6. The highest BCUT2D eigenvalue weighted by Gasteiger charge is 2.47. The summed E-state index contributed by atoms with van der Waals surface area (Å²) < 4.78 is 24.1. The summed E-state index contributed by atoms with van der Waals surface area (Å²) in [6.07, 6.45) is -1.74. The Hall–Kier alpha value is -8.92. The number of aromatic nitrogens is 1. The van der Waals surface area contributed by atoms with Crippen LogP contribution in [-0.4, -0.2) is 227 Å². The van der Waals surface area contributed by atoms with Gasteiger partial charge in [-0.1, -0.05) is 55.4 Å². The Labute approximate surface area is 533 Å². The highest BCUT2D eigenvalue weighted by Crippen LogP contribution is 2.38. The third-order valence-electron chi connectivity index (χ3n) is 17.9. The van der Waals surface area contributed by atoms with Gasteiger partial charge in [0.05, 0.1) is 37.0 Å². The number of nitrogen functional groups attached to an aromatic ring is 1. The summed E-state index contributed by atoms with van der Waals surface area (Å²) in [5.41, 5.74) is 3.07. The number of nitrogens with zero attached hydrogens (tertiary/aromatic N) is 7. The Balaban J connectivity index is 1.35. The van der Waals surface area contributed by atoms with Gasteiger partial charge in [-0.3, -0.25) is 52.7 Å². The predicted molar refractivity (Wildman–Crippen MR) is 332 cm³/mol. The third kappa shape index (κ3) is 13.9. The van der Waals surface area contributed by atoms with Gasteiger partial charge >= 0.3 is 11.9 Å². The number of carbonyl (C=O) groups excluding carboxylic acids is 12. The predicted octanol–water partition coefficient (Wildman–Crippen LogP) is 0.734. The lowest BCUT2D eigenvalue weighted by atomic mass is 9.98. The molecule has 92 heavy (non-hydrogen) atoms. The van der Waals surface area contributed by atoms with Crippen molar-refractivity contribution in [1.82, 2.24) is 55.7 Å². The van der Waals surface area contributed by atoms with Crippen LogP contribution in [0.15, 0.2) is 15.3 Å². The molecule has 0 radical (unpaired) electrons. The van der Waals surface area contributed by atoms with E-state index in [0.29, 0.717) is 12.8 Å². The molecule has 502 valence electrons. The molecule has 1 aliphatic carbocycles. The number of nitrogens with one attached hydrogen (secondary N) is 4. The number of methoxy groups -OCH3 is 1. The summed E-state index contributed by atoms with van der Waals surface area (Å²) in [7, 11) is 6.86. The summed E-state index contributed by atoms with van der Waals surface area (Å²) in [5.74, 6) is -12.6. The zero-order valence-corrected chi connectivity index (χ0v) is 55.5. The van der Waals surface area contributed by atoms with Gasteiger partial charge in [-0.05, 0) is 83.1 Å². The van der Waals surface area contributed by atoms with E-state index < -0.39 is 191 Å². The van der Waals surface area contributed by atoms with Gasteiger partial charge in [-0.25, -0.2) is 14.6 Å². The van der Waals surface area contributed by atoms with Gasteiger partial charge in [-0.2, -0.15) is 0 Å². The molecule has 6 aliphatic rings. The smallest absolute Gasteiger partial charge is 0.329 e. The zero-order valence-electron chi connectivity index (χ0n) is 55.5. The van der Waals surface area contributed by atoms with Crippen LogP contribution in [0.25, 0.3) is 22.6 Å². The Morgan fingerprint density at radius 3 is 1.46 bits per heavy atom. The summed E-state index contributed by atoms with van der Waals surface area (Å²) in [5, 5.41) is 10.7. The molecule has 1 aromatic rings. The number of carbonyl (C=O) groups is 12. The Kier molecular flexibility index (Phi) is 21.7. The van der Waals surface area contributed by atoms with E-state index in [-0.39, 0.29) is 65.2 Å². The summed E-state index contributed by atoms with van der Waals surface area (Å²) in [6, 6.07) is -9.62. The molecule has 10 amide bonds. The monoisotopic (exact) mass is 1280 g/mol. The van der Waals surface area contributed by atoms with Gasteiger partial charge < -0.3 is 75.0 Å². The number of hydrogen-bond donors (Lipinski definition) is 5. The molecule has 7 rings (SSSR count). The molecule has 5 heterocycles. The minimum Gasteiger partial charge on any atom is -0.496 e. The molecule has 0 unspecified atom stereocenters. The fourth-order valence-electron chi connectivity index (χ4n) is 12.5. The van der Waals surface area contributed by atoms with Gasteiger partial charge in [-0.15, -0.1) is 0 Å². The molecule has 1 aromatic carbocycles. The van der Waals surface area contributed by atoms with Crippen LogP contribution in [0.4, 0.5) is 5.69 Å². The molecule has 0 aromatic heterocycles. The molecular formula is C63H88N12O17. The Morgan fingerprint density at radius 1 is 0.630 bits per heavy atom. The number of benzene rings is 2. The van der Waals surface area contributed by atoms with Crippen LogP contribution in [0.3, 0.4) is 0 Å². The molecule has 29 nitrogen and oxygen atoms in total. The third-order valence-corrected chi connectivity index (χ3v) is 17.9. The van der Waals surface area contributed by atoms with Crippen molar-refractivity contribution in [2.75, 3.05) is 67.2 Å². The molecule has 4 fully saturated rings. The number of amides is 10. The van der Waals surface area contributed by atoms with Crippen LogP contribution < -0.4 is 37.2 Å². The van der Waals surface area contributed by atoms with E-state index in [2.05, 4.69) is 21.3 Å². The second-order valence-electron chi connectivity index (χ2n) is 25.9. The maximum atomic E-state index is 15.3. The number of nitrogens with two attached hydrogens (primary N) is 1. The number of esters is 2. The normalized spacial score (nSPS) is 25.9. The maximum Gasteiger partial charge on any atom is 0.329 e. The molecule has 10 atom stereocenters. The fourth-order valence-corrected chi connectivity index (χ4v) is 12.5. The minimum atomic E-state index is -1.90. The standard InChI is InChI=1S/C63H88N12O17/c1-27(2)43-60(85)74-22-18-20-36(74)58(83)70(13)25-39(76)72(15)49(29(5)6)62(87)90-33(11)45(56(81)66-43)68-54(79)35-24-38(89-17)31(9)52-47(35)65-48-41(42(64)51(78)32(10)53(48)92-52)55(80)69-46-34(12)91-63(88)50(30(7)8)73(16)40(77)26-71(14)59(84)37-21-19-23-75(37)61(86)44(28(3)4)67-57(46)82/h24,27-30,33-34,36-37,43-46,49-50H,18-23,25-26,64H2,1-17H3,(H,66,81)(H,67,82)(H,68,79)(H,69,80)/t33-,34+,36-,37+,43-,44+,45+,46-,49+,50-/m1/s1. The number of aryl methyl sites for hydroxylation is 1. The summed E-state index contributed by atoms with van der Waals surface area (Å²) >= 11 is 0. The van der Waals surface area contributed by atoms with Crippen LogP contribution in [0.5, 0.6) is 5.75 Å². The Bertz CT molecular complexity index is 3490. The van der Waals surface area contributed by atoms with E-state index in [9.17, 15) is 52.7 Å². The molecule has 0 bridgehead atoms. The molecule has 0 saturated carbocycles. The van der Waals surface area contributed by atoms with E-state index in [1.165, 1.54) is 81.7 Å². The minimum absolute atomic E-state index is 0.0309. The number of rotatable bonds is 9. The lowest BCUT2D eigenvalue weighted by molar-refractivity contribution is -0.163. The van der Waals surface area contributed by atoms with Crippen LogP contribution in [0, 0.1) is 37.5 Å². The highest BCUT2D eigenvalue weighted by molar-refractivity contribution is 6.11. The molecule has 5 aliphatic heterocycles. The molecule has 29 heteroatoms. The Morgan fingerprint density at radius 2 is 1.05 bits per heavy atom. The first-order valence-corrected chi connectivity index (χ1v) is 31.1. The first-order chi connectivity index (χ1) is 43.1. The SMILES string of the molecule is COc1cc(C(=O)N[C@@H]2C(=O)N[C@H](C(C)C)C(=O)N3CCC[C@@H]3C(=O)N(C)CC(=O)N(C)[C@@H](C(C)C)C(=O)O[C@@H]2C)c2nc3c(C(=O)N[C@H]4C(=O)N[C@@H](C(C)C)C(=O)N5CCC[C@H]5C(=O)N(C)CC(=O)N(C)[C@H](C(C)C)C(=O)O[C@H]4C)c(N)c(=O)c(C)c-3oc2c1C. The number of anilines is 1. The van der Waals surface area contributed by atoms with Gasteiger partial charge in [0.25, 0.3) is 11.8 Å². The number of likely N-dealkylation sites (N-methyl/N-ethyl adjacent to an activating group) is 4. The molecule has 6 N–H and O–H groups in total. The summed E-state index contributed by atoms with van der Waals surface area (Å²) in [4.78, 5) is 200. The summed E-state index contributed by atoms with van der Waals surface area (Å²) in [6.45, 7) is 18.2. The average Bonchev–Trinajstić information content (AvgIpc) is 0.858. The van der Waals surface area contributed by atoms with E-state index >= 15 is 9.59 Å². The second kappa shape index (κ2) is 28.3. The number of hydrogen-bond acceptors (Lipinski definition) is 19. The number of cyclic esters (lactones) is 2. The lowest BCUT2D eigenvalue weighted by Gasteiger charge is -2.36. The molecule has 0 spiro atoms. The molecule has 4 saturated heterocycles. The van der Waals surface area contributed by atoms with Gasteiger partial charge in [0.1, 0.15) is 77.5 Å². The van der Waals surface area contributed by atoms with Crippen LogP contribution in [-0.2, 0) is 57.4 Å². The van der Waals surface area contributed by atoms with Crippen molar-refractivity contribution in [3.8, 4) is 17.2 Å². The van der Waals surface area contributed by atoms with Crippen molar-refractivity contribution >= 4 is 87.8 Å². The van der Waals surface area contributed by atoms with Crippen molar-refractivity contribution in [2.45, 2.75) is 169 Å². The van der Waals surface area contributed by atoms with Crippen LogP contribution in [0.2, 0.25) is 0 Å². The van der Waals surface area contributed by atoms with Crippen molar-refractivity contribution < 1.29 is 76.2 Å². The topological polar surface area (TPSA) is 369 Å². The first-order valence-electron chi connectivity index (χ1n) is 31.1. The van der Waals surface area contributed by atoms with Crippen molar-refractivity contribution in [3.63, 3.8) is 0 Å². The number of fused-ring (bicyclic) bond motifs is 4. The lowest BCUT2D eigenvalue weighted by Crippen LogP contribution is -2.61. The van der Waals surface area contributed by atoms with Gasteiger partial charge in [0.2, 0.25) is 52.7 Å². The van der Waals surface area contributed by atoms with E-state index in [1.54, 1.807) is 62.3 Å². The largest absolute Gasteiger partial charge is 0.496 e.